The van der Waals surface area contributed by atoms with Gasteiger partial charge >= 0.3 is 16.4 Å². The maximum Gasteiger partial charge on any atom is 0.417 e. The van der Waals surface area contributed by atoms with E-state index in [0.717, 1.165) is 12.8 Å². The predicted molar refractivity (Wildman–Crippen MR) is 128 cm³/mol. The van der Waals surface area contributed by atoms with E-state index < -0.39 is 27.9 Å². The van der Waals surface area contributed by atoms with Crippen LogP contribution in [0.2, 0.25) is 5.02 Å². The molecule has 196 valence electrons. The number of benzene rings is 1. The smallest absolute Gasteiger partial charge is 0.417 e. The number of halogens is 4. The van der Waals surface area contributed by atoms with E-state index in [9.17, 15) is 26.4 Å². The van der Waals surface area contributed by atoms with Gasteiger partial charge in [-0.25, -0.2) is 9.71 Å². The topological polar surface area (TPSA) is 97.8 Å². The number of aromatic nitrogens is 1. The number of hydrogen-bond donors (Lipinski definition) is 1. The Morgan fingerprint density at radius 3 is 2.47 bits per heavy atom. The zero-order valence-electron chi connectivity index (χ0n) is 19.7. The van der Waals surface area contributed by atoms with Gasteiger partial charge in [-0.1, -0.05) is 11.6 Å². The van der Waals surface area contributed by atoms with Gasteiger partial charge in [0, 0.05) is 36.5 Å². The van der Waals surface area contributed by atoms with Crippen LogP contribution >= 0.6 is 11.6 Å². The van der Waals surface area contributed by atoms with Gasteiger partial charge in [0.1, 0.15) is 16.5 Å². The Morgan fingerprint density at radius 1 is 1.22 bits per heavy atom. The highest BCUT2D eigenvalue weighted by Crippen LogP contribution is 2.37. The van der Waals surface area contributed by atoms with Gasteiger partial charge < -0.3 is 9.47 Å². The number of nitrogens with one attached hydrogen (secondary N) is 1. The van der Waals surface area contributed by atoms with Crippen molar-refractivity contribution in [1.82, 2.24) is 14.0 Å². The summed E-state index contributed by atoms with van der Waals surface area (Å²) in [5, 5.41) is -0.374. The molecule has 1 aliphatic rings. The van der Waals surface area contributed by atoms with Crippen molar-refractivity contribution < 1.29 is 35.9 Å². The highest BCUT2D eigenvalue weighted by Gasteiger charge is 2.32. The third-order valence-corrected chi connectivity index (χ3v) is 6.81. The molecule has 0 unspecified atom stereocenters. The van der Waals surface area contributed by atoms with Crippen LogP contribution in [0.5, 0.6) is 17.4 Å². The molecule has 13 heteroatoms. The first kappa shape index (κ1) is 27.8. The molecular formula is C23H25ClF3N3O5S. The molecule has 8 nitrogen and oxygen atoms in total. The van der Waals surface area contributed by atoms with E-state index in [0.29, 0.717) is 36.7 Å². The summed E-state index contributed by atoms with van der Waals surface area (Å²) in [6.07, 6.45) is -1.41. The summed E-state index contributed by atoms with van der Waals surface area (Å²) >= 11 is 5.98. The molecule has 36 heavy (non-hydrogen) atoms. The van der Waals surface area contributed by atoms with Crippen molar-refractivity contribution in [2.24, 2.45) is 0 Å². The molecule has 1 saturated heterocycles. The van der Waals surface area contributed by atoms with Gasteiger partial charge in [0.05, 0.1) is 11.7 Å². The number of pyridine rings is 1. The Morgan fingerprint density at radius 2 is 1.89 bits per heavy atom. The second-order valence-corrected chi connectivity index (χ2v) is 10.4. The molecular weight excluding hydrogens is 523 g/mol. The number of rotatable bonds is 8. The molecule has 1 aliphatic heterocycles. The predicted octanol–water partition coefficient (Wildman–Crippen LogP) is 5.19. The fourth-order valence-electron chi connectivity index (χ4n) is 3.32. The highest BCUT2D eigenvalue weighted by molar-refractivity contribution is 7.87. The Hall–Kier alpha value is -2.83. The first-order chi connectivity index (χ1) is 16.8. The van der Waals surface area contributed by atoms with E-state index in [2.05, 4.69) is 4.98 Å². The Kier molecular flexibility index (Phi) is 8.52. The second-order valence-electron chi connectivity index (χ2n) is 8.35. The molecule has 2 aromatic rings. The lowest BCUT2D eigenvalue weighted by Crippen LogP contribution is -2.42. The van der Waals surface area contributed by atoms with Crippen LogP contribution in [0.15, 0.2) is 36.0 Å². The van der Waals surface area contributed by atoms with Crippen molar-refractivity contribution in [2.45, 2.75) is 45.9 Å². The van der Waals surface area contributed by atoms with Gasteiger partial charge in [-0.05, 0) is 57.9 Å². The normalized spacial score (nSPS) is 15.3. The first-order valence-electron chi connectivity index (χ1n) is 11.0. The summed E-state index contributed by atoms with van der Waals surface area (Å²) < 4.78 is 78.3. The minimum absolute atomic E-state index is 0.0478. The van der Waals surface area contributed by atoms with E-state index in [4.69, 9.17) is 21.1 Å². The van der Waals surface area contributed by atoms with Crippen molar-refractivity contribution >= 4 is 33.8 Å². The van der Waals surface area contributed by atoms with Gasteiger partial charge in [-0.2, -0.15) is 25.9 Å². The molecule has 0 atom stereocenters. The molecule has 0 radical (unpaired) electrons. The summed E-state index contributed by atoms with van der Waals surface area (Å²) in [6, 6.07) is 5.31. The zero-order chi connectivity index (χ0) is 26.7. The number of carbonyl (C=O) groups is 1. The van der Waals surface area contributed by atoms with Gasteiger partial charge in [0.2, 0.25) is 5.88 Å². The summed E-state index contributed by atoms with van der Waals surface area (Å²) in [5.74, 6) is -0.656. The molecule has 0 spiro atoms. The monoisotopic (exact) mass is 547 g/mol. The molecule has 1 aromatic heterocycles. The fraction of sp³-hybridized carbons (Fsp3) is 0.391. The summed E-state index contributed by atoms with van der Waals surface area (Å²) in [6.45, 7) is 5.69. The average Bonchev–Trinajstić information content (AvgIpc) is 3.31. The highest BCUT2D eigenvalue weighted by atomic mass is 35.5. The maximum atomic E-state index is 13.0. The molecule has 2 heterocycles. The maximum absolute atomic E-state index is 13.0. The Labute approximate surface area is 212 Å². The van der Waals surface area contributed by atoms with Gasteiger partial charge in [0.25, 0.3) is 5.91 Å². The lowest BCUT2D eigenvalue weighted by atomic mass is 10.1. The van der Waals surface area contributed by atoms with Crippen LogP contribution in [0.3, 0.4) is 0 Å². The van der Waals surface area contributed by atoms with Crippen molar-refractivity contribution in [1.29, 1.82) is 0 Å². The van der Waals surface area contributed by atoms with Crippen molar-refractivity contribution in [3.05, 3.63) is 52.2 Å². The third kappa shape index (κ3) is 7.11. The molecule has 0 bridgehead atoms. The minimum Gasteiger partial charge on any atom is -0.491 e. The van der Waals surface area contributed by atoms with Gasteiger partial charge in [-0.3, -0.25) is 4.79 Å². The number of ether oxygens (including phenoxy) is 2. The molecule has 1 aromatic carbocycles. The largest absolute Gasteiger partial charge is 0.491 e. The van der Waals surface area contributed by atoms with Crippen molar-refractivity contribution in [3.8, 4) is 17.4 Å². The lowest BCUT2D eigenvalue weighted by molar-refractivity contribution is -0.137. The van der Waals surface area contributed by atoms with E-state index in [-0.39, 0.29) is 28.3 Å². The van der Waals surface area contributed by atoms with E-state index in [1.807, 2.05) is 4.72 Å². The van der Waals surface area contributed by atoms with E-state index in [1.165, 1.54) is 23.4 Å². The first-order valence-corrected chi connectivity index (χ1v) is 12.8. The van der Waals surface area contributed by atoms with Gasteiger partial charge in [0.15, 0.2) is 0 Å². The molecule has 0 aliphatic carbocycles. The molecule has 1 amide bonds. The zero-order valence-corrected chi connectivity index (χ0v) is 21.3. The van der Waals surface area contributed by atoms with E-state index in [1.54, 1.807) is 26.0 Å². The summed E-state index contributed by atoms with van der Waals surface area (Å²) in [4.78, 5) is 16.3. The number of alkyl halides is 3. The average molecular weight is 548 g/mol. The summed E-state index contributed by atoms with van der Waals surface area (Å²) in [7, 11) is -3.97. The van der Waals surface area contributed by atoms with Crippen molar-refractivity contribution in [2.75, 3.05) is 13.1 Å². The van der Waals surface area contributed by atoms with Crippen LogP contribution in [0, 0.1) is 0 Å². The summed E-state index contributed by atoms with van der Waals surface area (Å²) in [5.41, 5.74) is -0.676. The quantitative estimate of drug-likeness (QED) is 0.457. The van der Waals surface area contributed by atoms with Crippen LogP contribution in [0.1, 0.15) is 44.7 Å². The number of hydrogen-bond acceptors (Lipinski definition) is 6. The van der Waals surface area contributed by atoms with Gasteiger partial charge in [-0.15, -0.1) is 0 Å². The SMILES string of the molecule is C/C(=C\c1ccc(OC(C)C)cc1Oc1ncc(C(F)(F)F)cc1Cl)C(=O)NS(=O)(=O)N1CCCC1. The molecule has 0 saturated carbocycles. The van der Waals surface area contributed by atoms with Crippen molar-refractivity contribution in [3.63, 3.8) is 0 Å². The Bertz CT molecular complexity index is 1260. The van der Waals surface area contributed by atoms with Crippen LogP contribution < -0.4 is 14.2 Å². The van der Waals surface area contributed by atoms with Crippen LogP contribution in [0.25, 0.3) is 6.08 Å². The van der Waals surface area contributed by atoms with E-state index >= 15 is 0 Å². The number of nitrogens with zero attached hydrogens (tertiary/aromatic N) is 2. The molecule has 1 N–H and O–H groups in total. The minimum atomic E-state index is -4.63. The Balaban J connectivity index is 1.91. The second kappa shape index (κ2) is 11.1. The molecule has 3 rings (SSSR count). The standard InChI is InChI=1S/C23H25ClF3N3O5S/c1-14(2)34-18-7-6-16(10-15(3)21(31)29-36(32,33)30-8-4-5-9-30)20(12-18)35-22-19(24)11-17(13-28-22)23(25,26)27/h6-7,10-14H,4-5,8-9H2,1-3H3,(H,29,31)/b15-10+. The third-order valence-electron chi connectivity index (χ3n) is 5.05. The van der Waals surface area contributed by atoms with Crippen LogP contribution in [-0.2, 0) is 21.2 Å². The number of carbonyl (C=O) groups excluding carboxylic acids is 1. The molecule has 1 fully saturated rings. The fourth-order valence-corrected chi connectivity index (χ4v) is 4.79. The lowest BCUT2D eigenvalue weighted by Gasteiger charge is -2.17. The van der Waals surface area contributed by atoms with Crippen LogP contribution in [0.4, 0.5) is 13.2 Å². The number of amides is 1. The van der Waals surface area contributed by atoms with Crippen LogP contribution in [-0.4, -0.2) is 42.8 Å².